The molecular formula is C18H19FN6O. The molecule has 1 aromatic carbocycles. The van der Waals surface area contributed by atoms with Gasteiger partial charge in [-0.1, -0.05) is 6.07 Å². The van der Waals surface area contributed by atoms with Gasteiger partial charge in [0.25, 0.3) is 11.7 Å². The molecule has 3 N–H and O–H groups in total. The first-order chi connectivity index (χ1) is 12.4. The van der Waals surface area contributed by atoms with Crippen LogP contribution in [0.5, 0.6) is 0 Å². The third-order valence-corrected chi connectivity index (χ3v) is 4.95. The molecule has 1 saturated heterocycles. The lowest BCUT2D eigenvalue weighted by molar-refractivity contribution is -0.138. The number of likely N-dealkylation sites (N-methyl/N-ethyl adjacent to an activating group) is 1. The molecule has 2 aliphatic rings. The quantitative estimate of drug-likeness (QED) is 0.809. The smallest absolute Gasteiger partial charge is 0.263 e. The van der Waals surface area contributed by atoms with Crippen molar-refractivity contribution in [3.05, 3.63) is 41.2 Å². The Balaban J connectivity index is 1.98. The van der Waals surface area contributed by atoms with E-state index < -0.39 is 11.6 Å². The Morgan fingerprint density at radius 1 is 1.35 bits per heavy atom. The number of likely N-dealkylation sites (tertiary alicyclic amines) is 1. The minimum absolute atomic E-state index is 0.0780. The summed E-state index contributed by atoms with van der Waals surface area (Å²) in [6.45, 7) is 1.13. The minimum atomic E-state index is -1.37. The third-order valence-electron chi connectivity index (χ3n) is 4.95. The van der Waals surface area contributed by atoms with E-state index in [0.717, 1.165) is 12.8 Å². The lowest BCUT2D eigenvalue weighted by Crippen LogP contribution is -2.70. The van der Waals surface area contributed by atoms with Gasteiger partial charge in [-0.3, -0.25) is 14.6 Å². The molecule has 2 aliphatic heterocycles. The van der Waals surface area contributed by atoms with Crippen LogP contribution in [0.1, 0.15) is 24.0 Å². The topological polar surface area (TPSA) is 109 Å². The van der Waals surface area contributed by atoms with Crippen LogP contribution < -0.4 is 11.1 Å². The number of halogens is 1. The van der Waals surface area contributed by atoms with E-state index in [1.54, 1.807) is 19.2 Å². The van der Waals surface area contributed by atoms with Crippen LogP contribution in [0.15, 0.2) is 24.3 Å². The van der Waals surface area contributed by atoms with Crippen molar-refractivity contribution < 1.29 is 9.18 Å². The van der Waals surface area contributed by atoms with E-state index in [-0.39, 0.29) is 17.5 Å². The third kappa shape index (κ3) is 2.90. The zero-order chi connectivity index (χ0) is 18.9. The van der Waals surface area contributed by atoms with Crippen LogP contribution in [0.3, 0.4) is 0 Å². The predicted molar refractivity (Wildman–Crippen MR) is 92.1 cm³/mol. The number of amides is 1. The molecule has 2 heterocycles. The number of carbonyl (C=O) groups excluding carboxylic acids is 1. The van der Waals surface area contributed by atoms with Crippen molar-refractivity contribution in [2.45, 2.75) is 24.7 Å². The summed E-state index contributed by atoms with van der Waals surface area (Å²) in [5.74, 6) is -2.41. The summed E-state index contributed by atoms with van der Waals surface area (Å²) in [4.78, 5) is 15.7. The average molecular weight is 354 g/mol. The van der Waals surface area contributed by atoms with E-state index in [0.29, 0.717) is 24.4 Å². The van der Waals surface area contributed by atoms with Crippen molar-refractivity contribution in [2.24, 2.45) is 5.73 Å². The monoisotopic (exact) mass is 354 g/mol. The van der Waals surface area contributed by atoms with Crippen molar-refractivity contribution in [1.29, 1.82) is 10.5 Å². The fourth-order valence-electron chi connectivity index (χ4n) is 3.30. The van der Waals surface area contributed by atoms with Crippen LogP contribution in [0.4, 0.5) is 4.39 Å². The Labute approximate surface area is 151 Å². The highest BCUT2D eigenvalue weighted by atomic mass is 19.1. The highest BCUT2D eigenvalue weighted by Crippen LogP contribution is 2.29. The van der Waals surface area contributed by atoms with Crippen LogP contribution in [-0.2, 0) is 4.79 Å². The number of nitriles is 2. The predicted octanol–water partition coefficient (Wildman–Crippen LogP) is 0.700. The van der Waals surface area contributed by atoms with Crippen molar-refractivity contribution in [2.75, 3.05) is 20.1 Å². The number of benzene rings is 1. The molecule has 0 radical (unpaired) electrons. The van der Waals surface area contributed by atoms with Gasteiger partial charge in [0.05, 0.1) is 11.3 Å². The highest BCUT2D eigenvalue weighted by Gasteiger charge is 2.47. The molecule has 0 bridgehead atoms. The number of hydrogen-bond donors (Lipinski definition) is 2. The molecular weight excluding hydrogens is 335 g/mol. The maximum absolute atomic E-state index is 14.0. The van der Waals surface area contributed by atoms with Gasteiger partial charge in [0.15, 0.2) is 0 Å². The number of rotatable bonds is 2. The number of nitrogens with two attached hydrogens (primary N) is 1. The van der Waals surface area contributed by atoms with Crippen molar-refractivity contribution in [1.82, 2.24) is 15.1 Å². The molecule has 1 unspecified atom stereocenters. The fraction of sp³-hybridized carbons (Fsp3) is 0.389. The van der Waals surface area contributed by atoms with Gasteiger partial charge in [0.2, 0.25) is 0 Å². The second-order valence-corrected chi connectivity index (χ2v) is 6.50. The normalized spacial score (nSPS) is 24.4. The van der Waals surface area contributed by atoms with Crippen LogP contribution >= 0.6 is 0 Å². The Morgan fingerprint density at radius 3 is 2.62 bits per heavy atom. The van der Waals surface area contributed by atoms with Gasteiger partial charge in [0, 0.05) is 37.8 Å². The second-order valence-electron chi connectivity index (χ2n) is 6.50. The van der Waals surface area contributed by atoms with Gasteiger partial charge in [-0.05, 0) is 25.0 Å². The molecule has 1 aromatic rings. The molecule has 3 rings (SSSR count). The molecule has 7 nitrogen and oxygen atoms in total. The first-order valence-electron chi connectivity index (χ1n) is 8.31. The summed E-state index contributed by atoms with van der Waals surface area (Å²) in [6, 6.07) is 8.14. The molecule has 0 spiro atoms. The molecule has 26 heavy (non-hydrogen) atoms. The van der Waals surface area contributed by atoms with Crippen molar-refractivity contribution in [3.63, 3.8) is 0 Å². The average Bonchev–Trinajstić information content (AvgIpc) is 2.64. The summed E-state index contributed by atoms with van der Waals surface area (Å²) in [6.07, 6.45) is 2.77. The van der Waals surface area contributed by atoms with Gasteiger partial charge in [-0.2, -0.15) is 10.5 Å². The molecule has 134 valence electrons. The Hall–Kier alpha value is -2.94. The maximum Gasteiger partial charge on any atom is 0.263 e. The Kier molecular flexibility index (Phi) is 4.64. The van der Waals surface area contributed by atoms with Crippen molar-refractivity contribution in [3.8, 4) is 12.1 Å². The summed E-state index contributed by atoms with van der Waals surface area (Å²) in [5, 5.41) is 21.9. The number of carbonyl (C=O) groups is 1. The van der Waals surface area contributed by atoms with E-state index in [1.807, 2.05) is 4.90 Å². The molecule has 0 aromatic heterocycles. The lowest BCUT2D eigenvalue weighted by Gasteiger charge is -2.49. The van der Waals surface area contributed by atoms with Gasteiger partial charge < -0.3 is 11.1 Å². The maximum atomic E-state index is 14.0. The fourth-order valence-corrected chi connectivity index (χ4v) is 3.30. The SMILES string of the molecule is CN1C(=O)C=C(c2ccc(C#N)c(F)c2)NC1(C#N)N1CCC(N)CC1. The largest absolute Gasteiger partial charge is 0.337 e. The van der Waals surface area contributed by atoms with Gasteiger partial charge in [-0.15, -0.1) is 0 Å². The zero-order valence-electron chi connectivity index (χ0n) is 14.4. The van der Waals surface area contributed by atoms with Crippen LogP contribution in [0.25, 0.3) is 5.70 Å². The second kappa shape index (κ2) is 6.75. The van der Waals surface area contributed by atoms with E-state index in [2.05, 4.69) is 11.4 Å². The minimum Gasteiger partial charge on any atom is -0.337 e. The van der Waals surface area contributed by atoms with Gasteiger partial charge in [0.1, 0.15) is 18.0 Å². The van der Waals surface area contributed by atoms with Crippen LogP contribution in [-0.4, -0.2) is 47.7 Å². The lowest BCUT2D eigenvalue weighted by atomic mass is 10.0. The number of hydrogen-bond acceptors (Lipinski definition) is 6. The van der Waals surface area contributed by atoms with E-state index >= 15 is 0 Å². The first-order valence-corrected chi connectivity index (χ1v) is 8.31. The Bertz CT molecular complexity index is 846. The van der Waals surface area contributed by atoms with E-state index in [9.17, 15) is 14.4 Å². The van der Waals surface area contributed by atoms with E-state index in [1.165, 1.54) is 23.1 Å². The molecule has 1 fully saturated rings. The Morgan fingerprint density at radius 2 is 2.04 bits per heavy atom. The molecule has 1 amide bonds. The summed E-state index contributed by atoms with van der Waals surface area (Å²) < 4.78 is 14.0. The summed E-state index contributed by atoms with van der Waals surface area (Å²) >= 11 is 0. The zero-order valence-corrected chi connectivity index (χ0v) is 14.4. The van der Waals surface area contributed by atoms with Gasteiger partial charge in [-0.25, -0.2) is 4.39 Å². The first kappa shape index (κ1) is 17.9. The van der Waals surface area contributed by atoms with Crippen molar-refractivity contribution >= 4 is 11.6 Å². The van der Waals surface area contributed by atoms with E-state index in [4.69, 9.17) is 11.0 Å². The standard InChI is InChI=1S/C18H19FN6O/c1-24-17(26)9-16(12-2-3-13(10-20)15(19)8-12)23-18(24,11-21)25-6-4-14(22)5-7-25/h2-3,8-9,14,23H,4-7,22H2,1H3. The molecule has 1 atom stereocenters. The summed E-state index contributed by atoms with van der Waals surface area (Å²) in [7, 11) is 1.56. The summed E-state index contributed by atoms with van der Waals surface area (Å²) in [5.41, 5.74) is 6.61. The highest BCUT2D eigenvalue weighted by molar-refractivity contribution is 5.97. The molecule has 0 aliphatic carbocycles. The number of piperidine rings is 1. The van der Waals surface area contributed by atoms with Gasteiger partial charge >= 0.3 is 0 Å². The number of nitrogens with zero attached hydrogens (tertiary/aromatic N) is 4. The molecule has 8 heteroatoms. The van der Waals surface area contributed by atoms with Crippen LogP contribution in [0, 0.1) is 28.5 Å². The number of nitrogens with one attached hydrogen (secondary N) is 1. The molecule has 0 saturated carbocycles. The van der Waals surface area contributed by atoms with Crippen LogP contribution in [0.2, 0.25) is 0 Å².